The third-order valence-corrected chi connectivity index (χ3v) is 7.68. The van der Waals surface area contributed by atoms with Crippen LogP contribution in [0.4, 0.5) is 5.69 Å². The monoisotopic (exact) mass is 548 g/mol. The molecule has 0 bridgehead atoms. The molecule has 4 rings (SSSR count). The van der Waals surface area contributed by atoms with Gasteiger partial charge in [-0.25, -0.2) is 4.99 Å². The zero-order chi connectivity index (χ0) is 25.2. The van der Waals surface area contributed by atoms with Gasteiger partial charge in [0.1, 0.15) is 4.90 Å². The number of aliphatic imine (C=N–C) groups is 1. The van der Waals surface area contributed by atoms with Crippen molar-refractivity contribution >= 4 is 67.9 Å². The second-order valence-corrected chi connectivity index (χ2v) is 10.7. The average molecular weight is 549 g/mol. The SMILES string of the molecule is COc1cc(/C=C2/SC(=Nc3ccc(Cl)c(Cl)c3)NC2=O)ccc1OS(=O)(=O)c1ccc(C)cc1. The minimum Gasteiger partial charge on any atom is -0.493 e. The lowest BCUT2D eigenvalue weighted by molar-refractivity contribution is -0.115. The molecule has 11 heteroatoms. The van der Waals surface area contributed by atoms with Crippen molar-refractivity contribution in [3.63, 3.8) is 0 Å². The fraction of sp³-hybridized carbons (Fsp3) is 0.0833. The zero-order valence-electron chi connectivity index (χ0n) is 18.4. The Hall–Kier alpha value is -2.98. The van der Waals surface area contributed by atoms with E-state index in [9.17, 15) is 13.2 Å². The Labute approximate surface area is 216 Å². The van der Waals surface area contributed by atoms with Gasteiger partial charge in [-0.3, -0.25) is 4.79 Å². The van der Waals surface area contributed by atoms with Gasteiger partial charge in [-0.1, -0.05) is 47.0 Å². The van der Waals surface area contributed by atoms with Crippen LogP contribution in [0.5, 0.6) is 11.5 Å². The van der Waals surface area contributed by atoms with E-state index in [1.807, 2.05) is 6.92 Å². The minimum absolute atomic E-state index is 0.0284. The van der Waals surface area contributed by atoms with Crippen LogP contribution >= 0.6 is 35.0 Å². The normalized spacial score (nSPS) is 15.9. The largest absolute Gasteiger partial charge is 0.493 e. The van der Waals surface area contributed by atoms with Gasteiger partial charge in [0.15, 0.2) is 16.7 Å². The molecule has 3 aromatic carbocycles. The van der Waals surface area contributed by atoms with E-state index in [0.717, 1.165) is 17.3 Å². The molecule has 180 valence electrons. The van der Waals surface area contributed by atoms with Gasteiger partial charge in [-0.2, -0.15) is 8.42 Å². The van der Waals surface area contributed by atoms with E-state index >= 15 is 0 Å². The molecule has 1 N–H and O–H groups in total. The van der Waals surface area contributed by atoms with Crippen LogP contribution in [0.3, 0.4) is 0 Å². The van der Waals surface area contributed by atoms with Gasteiger partial charge < -0.3 is 14.2 Å². The maximum Gasteiger partial charge on any atom is 0.339 e. The maximum absolute atomic E-state index is 12.6. The quantitative estimate of drug-likeness (QED) is 0.301. The summed E-state index contributed by atoms with van der Waals surface area (Å²) in [5.74, 6) is -0.0983. The predicted molar refractivity (Wildman–Crippen MR) is 139 cm³/mol. The summed E-state index contributed by atoms with van der Waals surface area (Å²) in [6.07, 6.45) is 1.64. The van der Waals surface area contributed by atoms with E-state index in [0.29, 0.717) is 31.4 Å². The summed E-state index contributed by atoms with van der Waals surface area (Å²) in [7, 11) is -2.65. The highest BCUT2D eigenvalue weighted by molar-refractivity contribution is 8.18. The number of thioether (sulfide) groups is 1. The Morgan fingerprint density at radius 3 is 2.40 bits per heavy atom. The van der Waals surface area contributed by atoms with Crippen molar-refractivity contribution in [2.24, 2.45) is 4.99 Å². The van der Waals surface area contributed by atoms with E-state index in [1.54, 1.807) is 48.5 Å². The molecule has 1 amide bonds. The number of hydrogen-bond donors (Lipinski definition) is 1. The smallest absolute Gasteiger partial charge is 0.339 e. The number of methoxy groups -OCH3 is 1. The number of hydrogen-bond acceptors (Lipinski definition) is 7. The van der Waals surface area contributed by atoms with Crippen LogP contribution in [0.2, 0.25) is 10.0 Å². The molecule has 3 aromatic rings. The molecule has 1 aliphatic heterocycles. The third-order valence-electron chi connectivity index (χ3n) is 4.78. The number of carbonyl (C=O) groups excluding carboxylic acids is 1. The average Bonchev–Trinajstić information content (AvgIpc) is 3.15. The lowest BCUT2D eigenvalue weighted by atomic mass is 10.2. The first-order chi connectivity index (χ1) is 16.6. The number of carbonyl (C=O) groups is 1. The summed E-state index contributed by atoms with van der Waals surface area (Å²) in [5.41, 5.74) is 2.08. The number of aryl methyl sites for hydroxylation is 1. The summed E-state index contributed by atoms with van der Waals surface area (Å²) in [6, 6.07) is 15.9. The van der Waals surface area contributed by atoms with Gasteiger partial charge in [-0.15, -0.1) is 0 Å². The fourth-order valence-corrected chi connectivity index (χ4v) is 5.09. The summed E-state index contributed by atoms with van der Waals surface area (Å²) >= 11 is 13.1. The van der Waals surface area contributed by atoms with Crippen LogP contribution in [0.25, 0.3) is 6.08 Å². The van der Waals surface area contributed by atoms with Crippen molar-refractivity contribution in [3.8, 4) is 11.5 Å². The first-order valence-electron chi connectivity index (χ1n) is 10.1. The van der Waals surface area contributed by atoms with Gasteiger partial charge in [0.05, 0.1) is 27.7 Å². The topological polar surface area (TPSA) is 94.1 Å². The fourth-order valence-electron chi connectivity index (χ4n) is 3.02. The number of halogens is 2. The van der Waals surface area contributed by atoms with Crippen LogP contribution in [0.15, 0.2) is 75.5 Å². The Kier molecular flexibility index (Phi) is 7.42. The van der Waals surface area contributed by atoms with Crippen molar-refractivity contribution in [3.05, 3.63) is 86.7 Å². The van der Waals surface area contributed by atoms with E-state index in [1.165, 1.54) is 25.3 Å². The van der Waals surface area contributed by atoms with E-state index in [4.69, 9.17) is 32.1 Å². The van der Waals surface area contributed by atoms with Gasteiger partial charge in [0.25, 0.3) is 5.91 Å². The molecule has 7 nitrogen and oxygen atoms in total. The molecule has 35 heavy (non-hydrogen) atoms. The van der Waals surface area contributed by atoms with E-state index in [2.05, 4.69) is 10.3 Å². The van der Waals surface area contributed by atoms with Crippen molar-refractivity contribution in [2.75, 3.05) is 7.11 Å². The van der Waals surface area contributed by atoms with Crippen molar-refractivity contribution < 1.29 is 22.1 Å². The van der Waals surface area contributed by atoms with Crippen LogP contribution in [0.1, 0.15) is 11.1 Å². The molecule has 1 saturated heterocycles. The zero-order valence-corrected chi connectivity index (χ0v) is 21.6. The van der Waals surface area contributed by atoms with Gasteiger partial charge >= 0.3 is 10.1 Å². The first kappa shape index (κ1) is 25.1. The van der Waals surface area contributed by atoms with Crippen LogP contribution < -0.4 is 14.2 Å². The number of rotatable bonds is 6. The Balaban J connectivity index is 1.55. The molecule has 0 unspecified atom stereocenters. The van der Waals surface area contributed by atoms with E-state index in [-0.39, 0.29) is 22.3 Å². The van der Waals surface area contributed by atoms with Gasteiger partial charge in [0, 0.05) is 0 Å². The molecule has 0 aromatic heterocycles. The summed E-state index contributed by atoms with van der Waals surface area (Å²) < 4.78 is 35.9. The molecule has 0 aliphatic carbocycles. The maximum atomic E-state index is 12.6. The molecule has 1 heterocycles. The molecule has 0 saturated carbocycles. The van der Waals surface area contributed by atoms with Crippen molar-refractivity contribution in [2.45, 2.75) is 11.8 Å². The lowest BCUT2D eigenvalue weighted by Crippen LogP contribution is -2.19. The molecule has 0 radical (unpaired) electrons. The predicted octanol–water partition coefficient (Wildman–Crippen LogP) is 5.97. The standard InChI is InChI=1S/C24H18Cl2N2O5S2/c1-14-3-7-17(8-4-14)35(30,31)33-20-10-5-15(11-21(20)32-2)12-22-23(29)28-24(34-22)27-16-6-9-18(25)19(26)13-16/h3-13H,1-2H3,(H,27,28,29)/b22-12+. The molecule has 0 atom stereocenters. The van der Waals surface area contributed by atoms with E-state index < -0.39 is 10.1 Å². The first-order valence-corrected chi connectivity index (χ1v) is 13.1. The summed E-state index contributed by atoms with van der Waals surface area (Å²) in [4.78, 5) is 17.2. The molecule has 0 spiro atoms. The number of amidine groups is 1. The third kappa shape index (κ3) is 5.99. The second kappa shape index (κ2) is 10.3. The Morgan fingerprint density at radius 2 is 1.71 bits per heavy atom. The van der Waals surface area contributed by atoms with Crippen molar-refractivity contribution in [1.29, 1.82) is 0 Å². The highest BCUT2D eigenvalue weighted by atomic mass is 35.5. The molecular formula is C24H18Cl2N2O5S2. The molecule has 1 aliphatic rings. The van der Waals surface area contributed by atoms with Crippen molar-refractivity contribution in [1.82, 2.24) is 5.32 Å². The van der Waals surface area contributed by atoms with Crippen LogP contribution in [-0.4, -0.2) is 26.6 Å². The van der Waals surface area contributed by atoms with Crippen LogP contribution in [0, 0.1) is 6.92 Å². The van der Waals surface area contributed by atoms with Gasteiger partial charge in [-0.05, 0) is 72.8 Å². The highest BCUT2D eigenvalue weighted by Gasteiger charge is 2.24. The second-order valence-electron chi connectivity index (χ2n) is 7.34. The highest BCUT2D eigenvalue weighted by Crippen LogP contribution is 2.34. The lowest BCUT2D eigenvalue weighted by Gasteiger charge is -2.11. The number of benzene rings is 3. The summed E-state index contributed by atoms with van der Waals surface area (Å²) in [5, 5.41) is 3.85. The number of ether oxygens (including phenoxy) is 1. The number of nitrogens with zero attached hydrogens (tertiary/aromatic N) is 1. The summed E-state index contributed by atoms with van der Waals surface area (Å²) in [6.45, 7) is 1.86. The van der Waals surface area contributed by atoms with Gasteiger partial charge in [0.2, 0.25) is 0 Å². The molecular weight excluding hydrogens is 531 g/mol. The Morgan fingerprint density at radius 1 is 0.971 bits per heavy atom. The number of nitrogens with one attached hydrogen (secondary N) is 1. The Bertz CT molecular complexity index is 1470. The number of amides is 1. The van der Waals surface area contributed by atoms with Crippen LogP contribution in [-0.2, 0) is 14.9 Å². The minimum atomic E-state index is -4.05. The molecule has 1 fully saturated rings.